The Labute approximate surface area is 190 Å². The molecule has 0 aromatic heterocycles. The molecular weight excluding hydrogens is 446 g/mol. The molecule has 0 bridgehead atoms. The molecule has 0 amide bonds. The fourth-order valence-electron chi connectivity index (χ4n) is 2.61. The van der Waals surface area contributed by atoms with E-state index in [2.05, 4.69) is 0 Å². The van der Waals surface area contributed by atoms with Crippen LogP contribution in [0.5, 0.6) is 0 Å². The Kier molecular flexibility index (Phi) is 9.03. The van der Waals surface area contributed by atoms with Gasteiger partial charge in [0, 0.05) is 0 Å². The molecule has 0 fully saturated rings. The molecule has 0 heterocycles. The van der Waals surface area contributed by atoms with Crippen LogP contribution in [-0.2, 0) is 0 Å². The molecule has 0 saturated carbocycles. The lowest BCUT2D eigenvalue weighted by Crippen LogP contribution is -1.77. The van der Waals surface area contributed by atoms with Gasteiger partial charge in [0.25, 0.3) is 0 Å². The van der Waals surface area contributed by atoms with Crippen LogP contribution in [0.4, 0.5) is 0 Å². The second-order valence-corrected chi connectivity index (χ2v) is 7.62. The van der Waals surface area contributed by atoms with Gasteiger partial charge >= 0.3 is 0 Å². The lowest BCUT2D eigenvalue weighted by Gasteiger charge is -2.02. The van der Waals surface area contributed by atoms with Gasteiger partial charge in [0.1, 0.15) is 0 Å². The molecule has 1 nitrogen and oxygen atoms in total. The summed E-state index contributed by atoms with van der Waals surface area (Å²) in [5.41, 5.74) is 4.46. The molecule has 0 radical (unpaired) electrons. The van der Waals surface area contributed by atoms with Crippen molar-refractivity contribution in [2.45, 2.75) is 0 Å². The largest absolute Gasteiger partial charge is 0.412 e. The maximum Gasteiger partial charge on any atom is 0.0598 e. The maximum atomic E-state index is 5.93. The van der Waals surface area contributed by atoms with Gasteiger partial charge < -0.3 is 5.48 Å². The van der Waals surface area contributed by atoms with E-state index in [-0.39, 0.29) is 5.48 Å². The smallest absolute Gasteiger partial charge is 0.0598 e. The Morgan fingerprint density at radius 3 is 1.00 bits per heavy atom. The van der Waals surface area contributed by atoms with Crippen molar-refractivity contribution in [3.8, 4) is 22.3 Å². The molecule has 0 aliphatic carbocycles. The molecule has 0 spiro atoms. The van der Waals surface area contributed by atoms with Gasteiger partial charge in [-0.15, -0.1) is 0 Å². The average molecular weight is 464 g/mol. The second-order valence-electron chi connectivity index (χ2n) is 5.99. The monoisotopic (exact) mass is 462 g/mol. The highest BCUT2D eigenvalue weighted by Crippen LogP contribution is 2.29. The third kappa shape index (κ3) is 6.50. The summed E-state index contributed by atoms with van der Waals surface area (Å²) in [7, 11) is 0. The molecule has 4 aromatic rings. The summed E-state index contributed by atoms with van der Waals surface area (Å²) in [5, 5.41) is 2.36. The second kappa shape index (κ2) is 11.3. The first kappa shape index (κ1) is 23.3. The minimum absolute atomic E-state index is 0. The molecule has 4 aromatic carbocycles. The van der Waals surface area contributed by atoms with E-state index in [4.69, 9.17) is 46.4 Å². The lowest BCUT2D eigenvalue weighted by molar-refractivity contribution is 0.824. The first-order valence-corrected chi connectivity index (χ1v) is 10.1. The standard InChI is InChI=1S/2C12H8Cl2.H2O/c2*13-11-7-6-10(8-12(11)14)9-4-2-1-3-5-9;/h2*1-8H;1H2. The molecule has 2 N–H and O–H groups in total. The van der Waals surface area contributed by atoms with Gasteiger partial charge in [0.05, 0.1) is 20.1 Å². The first-order valence-electron chi connectivity index (χ1n) is 8.55. The predicted octanol–water partition coefficient (Wildman–Crippen LogP) is 8.50. The van der Waals surface area contributed by atoms with Gasteiger partial charge in [-0.3, -0.25) is 0 Å². The molecular formula is C24H18Cl4O. The van der Waals surface area contributed by atoms with E-state index >= 15 is 0 Å². The van der Waals surface area contributed by atoms with Crippen LogP contribution in [-0.4, -0.2) is 5.48 Å². The van der Waals surface area contributed by atoms with Crippen LogP contribution in [0, 0.1) is 0 Å². The Balaban J connectivity index is 0.000000200. The van der Waals surface area contributed by atoms with Gasteiger partial charge in [-0.25, -0.2) is 0 Å². The molecule has 29 heavy (non-hydrogen) atoms. The molecule has 0 saturated heterocycles. The van der Waals surface area contributed by atoms with Crippen LogP contribution in [0.3, 0.4) is 0 Å². The average Bonchev–Trinajstić information content (AvgIpc) is 2.74. The Hall–Kier alpha value is -2.00. The highest BCUT2D eigenvalue weighted by atomic mass is 35.5. The minimum atomic E-state index is 0. The van der Waals surface area contributed by atoms with Crippen molar-refractivity contribution in [2.24, 2.45) is 0 Å². The third-order valence-corrected chi connectivity index (χ3v) is 5.53. The number of halogens is 4. The van der Waals surface area contributed by atoms with E-state index in [1.165, 1.54) is 0 Å². The van der Waals surface area contributed by atoms with Crippen LogP contribution < -0.4 is 0 Å². The fourth-order valence-corrected chi connectivity index (χ4v) is 3.21. The quantitative estimate of drug-likeness (QED) is 0.285. The summed E-state index contributed by atoms with van der Waals surface area (Å²) in [6, 6.07) is 31.4. The number of rotatable bonds is 2. The Bertz CT molecular complexity index is 964. The molecule has 148 valence electrons. The van der Waals surface area contributed by atoms with E-state index in [0.29, 0.717) is 20.1 Å². The van der Waals surface area contributed by atoms with Gasteiger partial charge in [0.2, 0.25) is 0 Å². The molecule has 0 atom stereocenters. The van der Waals surface area contributed by atoms with Gasteiger partial charge in [0.15, 0.2) is 0 Å². The van der Waals surface area contributed by atoms with Crippen LogP contribution >= 0.6 is 46.4 Å². The highest BCUT2D eigenvalue weighted by molar-refractivity contribution is 6.42. The number of benzene rings is 4. The van der Waals surface area contributed by atoms with Gasteiger partial charge in [-0.05, 0) is 46.5 Å². The lowest BCUT2D eigenvalue weighted by atomic mass is 10.1. The van der Waals surface area contributed by atoms with Crippen molar-refractivity contribution < 1.29 is 5.48 Å². The van der Waals surface area contributed by atoms with Crippen molar-refractivity contribution >= 4 is 46.4 Å². The summed E-state index contributed by atoms with van der Waals surface area (Å²) in [6.45, 7) is 0. The van der Waals surface area contributed by atoms with Crippen LogP contribution in [0.15, 0.2) is 97.1 Å². The topological polar surface area (TPSA) is 31.5 Å². The number of hydrogen-bond donors (Lipinski definition) is 0. The zero-order chi connectivity index (χ0) is 19.9. The van der Waals surface area contributed by atoms with Crippen LogP contribution in [0.2, 0.25) is 20.1 Å². The van der Waals surface area contributed by atoms with Crippen LogP contribution in [0.1, 0.15) is 0 Å². The molecule has 5 heteroatoms. The van der Waals surface area contributed by atoms with E-state index in [1.807, 2.05) is 97.1 Å². The van der Waals surface area contributed by atoms with Crippen LogP contribution in [0.25, 0.3) is 22.3 Å². The summed E-state index contributed by atoms with van der Waals surface area (Å²) < 4.78 is 0. The van der Waals surface area contributed by atoms with Crippen molar-refractivity contribution in [3.05, 3.63) is 117 Å². The van der Waals surface area contributed by atoms with E-state index < -0.39 is 0 Å². The third-order valence-electron chi connectivity index (χ3n) is 4.05. The van der Waals surface area contributed by atoms with Crippen molar-refractivity contribution in [1.82, 2.24) is 0 Å². The first-order chi connectivity index (χ1) is 13.5. The summed E-state index contributed by atoms with van der Waals surface area (Å²) in [6.07, 6.45) is 0. The normalized spacial score (nSPS) is 9.79. The number of hydrogen-bond acceptors (Lipinski definition) is 0. The van der Waals surface area contributed by atoms with E-state index in [9.17, 15) is 0 Å². The van der Waals surface area contributed by atoms with Gasteiger partial charge in [-0.2, -0.15) is 0 Å². The Morgan fingerprint density at radius 2 is 0.690 bits per heavy atom. The van der Waals surface area contributed by atoms with Crippen molar-refractivity contribution in [2.75, 3.05) is 0 Å². The molecule has 4 rings (SSSR count). The summed E-state index contributed by atoms with van der Waals surface area (Å²) in [5.74, 6) is 0. The fraction of sp³-hybridized carbons (Fsp3) is 0. The van der Waals surface area contributed by atoms with Crippen molar-refractivity contribution in [3.63, 3.8) is 0 Å². The van der Waals surface area contributed by atoms with Crippen molar-refractivity contribution in [1.29, 1.82) is 0 Å². The van der Waals surface area contributed by atoms with E-state index in [0.717, 1.165) is 22.3 Å². The molecule has 0 unspecified atom stereocenters. The SMILES string of the molecule is Clc1ccc(-c2ccccc2)cc1Cl.Clc1ccc(-c2ccccc2)cc1Cl.O. The predicted molar refractivity (Wildman–Crippen MR) is 127 cm³/mol. The highest BCUT2D eigenvalue weighted by Gasteiger charge is 2.01. The van der Waals surface area contributed by atoms with Gasteiger partial charge in [-0.1, -0.05) is 119 Å². The zero-order valence-corrected chi connectivity index (χ0v) is 18.3. The van der Waals surface area contributed by atoms with E-state index in [1.54, 1.807) is 0 Å². The maximum absolute atomic E-state index is 5.93. The Morgan fingerprint density at radius 1 is 0.345 bits per heavy atom. The summed E-state index contributed by atoms with van der Waals surface area (Å²) in [4.78, 5) is 0. The molecule has 0 aliphatic heterocycles. The zero-order valence-electron chi connectivity index (χ0n) is 15.2. The minimum Gasteiger partial charge on any atom is -0.412 e. The summed E-state index contributed by atoms with van der Waals surface area (Å²) >= 11 is 23.5. The molecule has 0 aliphatic rings.